The summed E-state index contributed by atoms with van der Waals surface area (Å²) >= 11 is 2.26. The van der Waals surface area contributed by atoms with Gasteiger partial charge in [-0.3, -0.25) is 7.91 Å². The summed E-state index contributed by atoms with van der Waals surface area (Å²) in [5.74, 6) is 0.350. The van der Waals surface area contributed by atoms with E-state index in [0.717, 1.165) is 25.8 Å². The van der Waals surface area contributed by atoms with Crippen molar-refractivity contribution in [1.82, 2.24) is 3.11 Å². The molecule has 0 spiro atoms. The van der Waals surface area contributed by atoms with Crippen molar-refractivity contribution in [2.75, 3.05) is 6.54 Å². The summed E-state index contributed by atoms with van der Waals surface area (Å²) in [5.41, 5.74) is 0.155. The van der Waals surface area contributed by atoms with Crippen LogP contribution in [0.2, 0.25) is 0 Å². The molecule has 0 aromatic rings. The number of rotatable bonds is 6. The van der Waals surface area contributed by atoms with Gasteiger partial charge in [0.15, 0.2) is 0 Å². The molecule has 0 N–H and O–H groups in total. The standard InChI is InChI=1S/C17H32INO/c1-7-10-17(8-2,15(3,4)5)14(20)19(18)13-16(6)11-9-12-16/h7-13H2,1-6H3. The van der Waals surface area contributed by atoms with Crippen molar-refractivity contribution in [3.05, 3.63) is 0 Å². The number of hydrogen-bond acceptors (Lipinski definition) is 1. The lowest BCUT2D eigenvalue weighted by molar-refractivity contribution is -0.145. The van der Waals surface area contributed by atoms with Gasteiger partial charge in [-0.05, 0) is 36.5 Å². The van der Waals surface area contributed by atoms with Crippen LogP contribution in [0.15, 0.2) is 0 Å². The van der Waals surface area contributed by atoms with Crippen LogP contribution in [0.25, 0.3) is 0 Å². The van der Waals surface area contributed by atoms with Crippen LogP contribution in [0.3, 0.4) is 0 Å². The fraction of sp³-hybridized carbons (Fsp3) is 0.941. The molecule has 0 aliphatic heterocycles. The van der Waals surface area contributed by atoms with E-state index in [1.807, 2.05) is 3.11 Å². The highest BCUT2D eigenvalue weighted by molar-refractivity contribution is 14.1. The third kappa shape index (κ3) is 3.50. The van der Waals surface area contributed by atoms with Gasteiger partial charge in [-0.15, -0.1) is 0 Å². The van der Waals surface area contributed by atoms with Gasteiger partial charge in [0.1, 0.15) is 0 Å². The van der Waals surface area contributed by atoms with E-state index >= 15 is 0 Å². The van der Waals surface area contributed by atoms with E-state index in [0.29, 0.717) is 11.3 Å². The Kier molecular flexibility index (Phi) is 5.96. The number of amides is 1. The number of hydrogen-bond donors (Lipinski definition) is 0. The molecule has 0 aromatic heterocycles. The lowest BCUT2D eigenvalue weighted by atomic mass is 9.61. The topological polar surface area (TPSA) is 20.3 Å². The minimum atomic E-state index is -0.219. The van der Waals surface area contributed by atoms with E-state index < -0.39 is 0 Å². The molecule has 1 fully saturated rings. The summed E-state index contributed by atoms with van der Waals surface area (Å²) in [4.78, 5) is 13.2. The first-order chi connectivity index (χ1) is 9.12. The van der Waals surface area contributed by atoms with Crippen LogP contribution in [-0.4, -0.2) is 15.6 Å². The van der Waals surface area contributed by atoms with Gasteiger partial charge in [-0.25, -0.2) is 0 Å². The summed E-state index contributed by atoms with van der Waals surface area (Å²) in [6.45, 7) is 14.3. The van der Waals surface area contributed by atoms with Crippen molar-refractivity contribution in [1.29, 1.82) is 0 Å². The van der Waals surface area contributed by atoms with Crippen LogP contribution in [-0.2, 0) is 4.79 Å². The lowest BCUT2D eigenvalue weighted by Gasteiger charge is -2.47. The second kappa shape index (κ2) is 6.53. The molecule has 1 atom stereocenters. The van der Waals surface area contributed by atoms with Crippen molar-refractivity contribution in [3.8, 4) is 0 Å². The van der Waals surface area contributed by atoms with Gasteiger partial charge in [0.25, 0.3) is 0 Å². The number of halogens is 1. The van der Waals surface area contributed by atoms with Gasteiger partial charge >= 0.3 is 0 Å². The average Bonchev–Trinajstić information content (AvgIpc) is 2.31. The Morgan fingerprint density at radius 1 is 1.25 bits per heavy atom. The van der Waals surface area contributed by atoms with E-state index in [4.69, 9.17) is 0 Å². The predicted molar refractivity (Wildman–Crippen MR) is 94.8 cm³/mol. The van der Waals surface area contributed by atoms with Crippen molar-refractivity contribution in [2.45, 2.75) is 80.1 Å². The van der Waals surface area contributed by atoms with Crippen molar-refractivity contribution >= 4 is 28.8 Å². The van der Waals surface area contributed by atoms with E-state index in [1.54, 1.807) is 0 Å². The van der Waals surface area contributed by atoms with Crippen LogP contribution in [0.4, 0.5) is 0 Å². The highest BCUT2D eigenvalue weighted by Crippen LogP contribution is 2.49. The molecular weight excluding hydrogens is 361 g/mol. The van der Waals surface area contributed by atoms with Crippen molar-refractivity contribution in [2.24, 2.45) is 16.2 Å². The highest BCUT2D eigenvalue weighted by atomic mass is 127. The lowest BCUT2D eigenvalue weighted by Crippen LogP contribution is -2.50. The van der Waals surface area contributed by atoms with Crippen molar-refractivity contribution in [3.63, 3.8) is 0 Å². The minimum absolute atomic E-state index is 0.0127. The SMILES string of the molecule is CCCC(CC)(C(=O)N(I)CC1(C)CCC1)C(C)(C)C. The summed E-state index contributed by atoms with van der Waals surface area (Å²) in [7, 11) is 0. The maximum absolute atomic E-state index is 13.2. The Hall–Kier alpha value is 0.200. The number of carbonyl (C=O) groups excluding carboxylic acids is 1. The fourth-order valence-corrected chi connectivity index (χ4v) is 4.95. The van der Waals surface area contributed by atoms with Crippen LogP contribution in [0, 0.1) is 16.2 Å². The Balaban J connectivity index is 2.92. The molecule has 1 amide bonds. The molecule has 20 heavy (non-hydrogen) atoms. The largest absolute Gasteiger partial charge is 0.284 e. The maximum atomic E-state index is 13.2. The quantitative estimate of drug-likeness (QED) is 0.425. The van der Waals surface area contributed by atoms with Crippen molar-refractivity contribution < 1.29 is 4.79 Å². The first-order valence-electron chi connectivity index (χ1n) is 8.09. The second-order valence-electron chi connectivity index (χ2n) is 7.93. The Morgan fingerprint density at radius 3 is 2.10 bits per heavy atom. The van der Waals surface area contributed by atoms with Gasteiger partial charge in [0.2, 0.25) is 5.91 Å². The first-order valence-corrected chi connectivity index (χ1v) is 9.06. The van der Waals surface area contributed by atoms with Gasteiger partial charge in [0, 0.05) is 6.54 Å². The summed E-state index contributed by atoms with van der Waals surface area (Å²) in [6, 6.07) is 0. The van der Waals surface area contributed by atoms with Gasteiger partial charge in [-0.1, -0.05) is 54.4 Å². The van der Waals surface area contributed by atoms with Crippen LogP contribution < -0.4 is 0 Å². The monoisotopic (exact) mass is 393 g/mol. The molecule has 1 aliphatic carbocycles. The summed E-state index contributed by atoms with van der Waals surface area (Å²) in [5, 5.41) is 0. The average molecular weight is 393 g/mol. The van der Waals surface area contributed by atoms with E-state index in [-0.39, 0.29) is 10.8 Å². The third-order valence-electron chi connectivity index (χ3n) is 5.43. The zero-order valence-electron chi connectivity index (χ0n) is 14.2. The van der Waals surface area contributed by atoms with Gasteiger partial charge in [0.05, 0.1) is 28.3 Å². The third-order valence-corrected chi connectivity index (χ3v) is 6.21. The second-order valence-corrected chi connectivity index (χ2v) is 9.09. The predicted octanol–water partition coefficient (Wildman–Crippen LogP) is 5.60. The van der Waals surface area contributed by atoms with E-state index in [9.17, 15) is 4.79 Å². The molecule has 2 nitrogen and oxygen atoms in total. The molecule has 0 radical (unpaired) electrons. The molecule has 118 valence electrons. The fourth-order valence-electron chi connectivity index (χ4n) is 3.67. The van der Waals surface area contributed by atoms with Crippen LogP contribution >= 0.6 is 22.9 Å². The minimum Gasteiger partial charge on any atom is -0.284 e. The van der Waals surface area contributed by atoms with Crippen LogP contribution in [0.1, 0.15) is 80.1 Å². The Morgan fingerprint density at radius 2 is 1.80 bits per heavy atom. The molecule has 0 heterocycles. The molecule has 1 aliphatic rings. The van der Waals surface area contributed by atoms with E-state index in [2.05, 4.69) is 64.4 Å². The maximum Gasteiger partial charge on any atom is 0.237 e. The number of carbonyl (C=O) groups is 1. The smallest absolute Gasteiger partial charge is 0.237 e. The first kappa shape index (κ1) is 18.2. The molecule has 1 unspecified atom stereocenters. The zero-order valence-corrected chi connectivity index (χ0v) is 16.3. The molecule has 1 rings (SSSR count). The highest BCUT2D eigenvalue weighted by Gasteiger charge is 2.48. The Bertz CT molecular complexity index is 343. The molecule has 3 heteroatoms. The van der Waals surface area contributed by atoms with Crippen LogP contribution in [0.5, 0.6) is 0 Å². The molecular formula is C17H32INO. The summed E-state index contributed by atoms with van der Waals surface area (Å²) in [6.07, 6.45) is 6.84. The Labute approximate surface area is 139 Å². The normalized spacial score (nSPS) is 20.9. The van der Waals surface area contributed by atoms with E-state index in [1.165, 1.54) is 19.3 Å². The molecule has 1 saturated carbocycles. The number of nitrogens with zero attached hydrogens (tertiary/aromatic N) is 1. The zero-order chi connectivity index (χ0) is 15.6. The molecule has 0 saturated heterocycles. The van der Waals surface area contributed by atoms with Gasteiger partial charge < -0.3 is 0 Å². The van der Waals surface area contributed by atoms with Gasteiger partial charge in [-0.2, -0.15) is 0 Å². The summed E-state index contributed by atoms with van der Waals surface area (Å²) < 4.78 is 2.00. The molecule has 0 aromatic carbocycles. The molecule has 0 bridgehead atoms.